The summed E-state index contributed by atoms with van der Waals surface area (Å²) in [5.74, 6) is 0.666. The molecule has 23 heavy (non-hydrogen) atoms. The molecule has 0 saturated heterocycles. The lowest BCUT2D eigenvalue weighted by Gasteiger charge is -2.05. The van der Waals surface area contributed by atoms with Crippen molar-refractivity contribution >= 4 is 28.4 Å². The fourth-order valence-electron chi connectivity index (χ4n) is 2.19. The van der Waals surface area contributed by atoms with Gasteiger partial charge in [-0.25, -0.2) is 0 Å². The van der Waals surface area contributed by atoms with E-state index >= 15 is 0 Å². The van der Waals surface area contributed by atoms with Crippen LogP contribution in [0.5, 0.6) is 0 Å². The van der Waals surface area contributed by atoms with Crippen molar-refractivity contribution in [2.45, 2.75) is 20.8 Å². The van der Waals surface area contributed by atoms with Gasteiger partial charge in [-0.2, -0.15) is 5.26 Å². The van der Waals surface area contributed by atoms with E-state index in [-0.39, 0.29) is 0 Å². The highest BCUT2D eigenvalue weighted by Gasteiger charge is 2.12. The van der Waals surface area contributed by atoms with Crippen LogP contribution in [0.25, 0.3) is 17.0 Å². The Hall–Kier alpha value is -2.99. The number of furan rings is 1. The molecule has 1 heterocycles. The molecule has 1 N–H and O–H groups in total. The van der Waals surface area contributed by atoms with E-state index in [4.69, 9.17) is 9.68 Å². The van der Waals surface area contributed by atoms with Gasteiger partial charge >= 0.3 is 0 Å². The van der Waals surface area contributed by atoms with E-state index in [1.165, 1.54) is 0 Å². The van der Waals surface area contributed by atoms with Gasteiger partial charge in [-0.15, -0.1) is 0 Å². The predicted octanol–water partition coefficient (Wildman–Crippen LogP) is 6.13. The smallest absolute Gasteiger partial charge is 0.152 e. The average Bonchev–Trinajstić information content (AvgIpc) is 2.95. The van der Waals surface area contributed by atoms with Gasteiger partial charge in [0.15, 0.2) is 5.76 Å². The van der Waals surface area contributed by atoms with Gasteiger partial charge in [0.05, 0.1) is 11.8 Å². The molecular weight excluding hydrogens is 284 g/mol. The minimum atomic E-state index is 0.602. The van der Waals surface area contributed by atoms with Gasteiger partial charge in [0, 0.05) is 16.6 Å². The van der Waals surface area contributed by atoms with Crippen molar-refractivity contribution in [1.82, 2.24) is 0 Å². The van der Waals surface area contributed by atoms with Crippen LogP contribution < -0.4 is 5.32 Å². The molecule has 0 saturated carbocycles. The van der Waals surface area contributed by atoms with Crippen LogP contribution >= 0.6 is 0 Å². The minimum absolute atomic E-state index is 0.602. The number of nitrogens with one attached hydrogen (secondary N) is 1. The molecule has 0 spiro atoms. The lowest BCUT2D eigenvalue weighted by Crippen LogP contribution is -1.90. The summed E-state index contributed by atoms with van der Waals surface area (Å²) in [4.78, 5) is 0. The second kappa shape index (κ2) is 7.86. The molecule has 1 aromatic heterocycles. The fourth-order valence-corrected chi connectivity index (χ4v) is 2.19. The molecule has 116 valence electrons. The zero-order chi connectivity index (χ0) is 16.7. The van der Waals surface area contributed by atoms with Crippen LogP contribution in [0.4, 0.5) is 11.4 Å². The quantitative estimate of drug-likeness (QED) is 0.592. The highest BCUT2D eigenvalue weighted by atomic mass is 16.3. The maximum absolute atomic E-state index is 8.97. The topological polar surface area (TPSA) is 49.0 Å². The third-order valence-electron chi connectivity index (χ3n) is 3.19. The van der Waals surface area contributed by atoms with Gasteiger partial charge in [0.2, 0.25) is 0 Å². The monoisotopic (exact) mass is 304 g/mol. The van der Waals surface area contributed by atoms with Crippen LogP contribution in [0.3, 0.4) is 0 Å². The lowest BCUT2D eigenvalue weighted by atomic mass is 10.2. The number of rotatable bonds is 3. The van der Waals surface area contributed by atoms with Crippen LogP contribution in [0.15, 0.2) is 64.6 Å². The Bertz CT molecular complexity index is 839. The van der Waals surface area contributed by atoms with Crippen LogP contribution in [-0.2, 0) is 0 Å². The highest BCUT2D eigenvalue weighted by molar-refractivity contribution is 5.97. The summed E-state index contributed by atoms with van der Waals surface area (Å²) in [6, 6.07) is 19.9. The molecule has 0 aliphatic heterocycles. The van der Waals surface area contributed by atoms with Crippen molar-refractivity contribution in [2.24, 2.45) is 0 Å². The van der Waals surface area contributed by atoms with E-state index in [1.54, 1.807) is 13.0 Å². The summed E-state index contributed by atoms with van der Waals surface area (Å²) < 4.78 is 5.85. The summed E-state index contributed by atoms with van der Waals surface area (Å²) in [5, 5.41) is 13.3. The van der Waals surface area contributed by atoms with Crippen LogP contribution in [0, 0.1) is 11.3 Å². The number of nitriles is 1. The first-order chi connectivity index (χ1) is 11.3. The highest BCUT2D eigenvalue weighted by Crippen LogP contribution is 2.34. The second-order valence-corrected chi connectivity index (χ2v) is 4.77. The van der Waals surface area contributed by atoms with Gasteiger partial charge in [-0.1, -0.05) is 44.2 Å². The first-order valence-electron chi connectivity index (χ1n) is 7.70. The number of benzene rings is 2. The number of allylic oxidation sites excluding steroid dienone is 1. The summed E-state index contributed by atoms with van der Waals surface area (Å²) in [7, 11) is 0. The Morgan fingerprint density at radius 1 is 1.04 bits per heavy atom. The summed E-state index contributed by atoms with van der Waals surface area (Å²) in [5.41, 5.74) is 3.26. The summed E-state index contributed by atoms with van der Waals surface area (Å²) >= 11 is 0. The van der Waals surface area contributed by atoms with Gasteiger partial charge in [-0.05, 0) is 37.3 Å². The molecule has 2 aromatic carbocycles. The molecule has 0 bridgehead atoms. The van der Waals surface area contributed by atoms with Crippen molar-refractivity contribution < 1.29 is 4.42 Å². The molecule has 3 rings (SSSR count). The number of nitrogens with zero attached hydrogens (tertiary/aromatic N) is 1. The molecule has 3 nitrogen and oxygen atoms in total. The molecule has 0 aliphatic rings. The number of anilines is 2. The summed E-state index contributed by atoms with van der Waals surface area (Å²) in [6.07, 6.45) is 1.76. The van der Waals surface area contributed by atoms with Crippen molar-refractivity contribution in [1.29, 1.82) is 5.26 Å². The zero-order valence-electron chi connectivity index (χ0n) is 13.6. The molecule has 0 amide bonds. The van der Waals surface area contributed by atoms with E-state index in [0.717, 1.165) is 22.3 Å². The molecule has 3 aromatic rings. The van der Waals surface area contributed by atoms with Crippen LogP contribution in [0.2, 0.25) is 0 Å². The number of para-hydroxylation sites is 2. The SMILES string of the molecule is C/C(C#N)=C\c1oc2ccccc2c1Nc1ccccc1.CC. The lowest BCUT2D eigenvalue weighted by molar-refractivity contribution is 0.605. The molecular formula is C20H20N2O. The summed E-state index contributed by atoms with van der Waals surface area (Å²) in [6.45, 7) is 5.76. The van der Waals surface area contributed by atoms with E-state index in [0.29, 0.717) is 11.3 Å². The fraction of sp³-hybridized carbons (Fsp3) is 0.150. The first kappa shape index (κ1) is 16.4. The van der Waals surface area contributed by atoms with Crippen molar-refractivity contribution in [3.8, 4) is 6.07 Å². The van der Waals surface area contributed by atoms with E-state index in [2.05, 4.69) is 11.4 Å². The third-order valence-corrected chi connectivity index (χ3v) is 3.19. The second-order valence-electron chi connectivity index (χ2n) is 4.77. The Morgan fingerprint density at radius 2 is 1.70 bits per heavy atom. The van der Waals surface area contributed by atoms with Crippen molar-refractivity contribution in [2.75, 3.05) is 5.32 Å². The first-order valence-corrected chi connectivity index (χ1v) is 7.70. The van der Waals surface area contributed by atoms with Gasteiger partial charge in [0.1, 0.15) is 5.58 Å². The van der Waals surface area contributed by atoms with Crippen molar-refractivity contribution in [3.63, 3.8) is 0 Å². The Kier molecular flexibility index (Phi) is 5.60. The molecule has 0 fully saturated rings. The average molecular weight is 304 g/mol. The minimum Gasteiger partial charge on any atom is -0.454 e. The van der Waals surface area contributed by atoms with Crippen LogP contribution in [0.1, 0.15) is 26.5 Å². The Balaban J connectivity index is 0.000000924. The zero-order valence-corrected chi connectivity index (χ0v) is 13.6. The van der Waals surface area contributed by atoms with Crippen molar-refractivity contribution in [3.05, 3.63) is 65.9 Å². The number of fused-ring (bicyclic) bond motifs is 1. The van der Waals surface area contributed by atoms with Gasteiger partial charge in [-0.3, -0.25) is 0 Å². The molecule has 0 radical (unpaired) electrons. The van der Waals surface area contributed by atoms with E-state index in [9.17, 15) is 0 Å². The van der Waals surface area contributed by atoms with E-state index < -0.39 is 0 Å². The Labute approximate surface area is 136 Å². The van der Waals surface area contributed by atoms with Crippen LogP contribution in [-0.4, -0.2) is 0 Å². The molecule has 0 unspecified atom stereocenters. The molecule has 0 atom stereocenters. The molecule has 3 heteroatoms. The predicted molar refractivity (Wildman–Crippen MR) is 96.6 cm³/mol. The third kappa shape index (κ3) is 3.81. The Morgan fingerprint density at radius 3 is 2.39 bits per heavy atom. The largest absolute Gasteiger partial charge is 0.454 e. The standard InChI is InChI=1S/C18H14N2O.C2H6/c1-13(12-19)11-17-18(20-14-7-3-2-4-8-14)15-9-5-6-10-16(15)21-17;1-2/h2-11,20H,1H3;1-2H3/b13-11+;. The maximum atomic E-state index is 8.97. The normalized spacial score (nSPS) is 10.6. The molecule has 0 aliphatic carbocycles. The maximum Gasteiger partial charge on any atom is 0.152 e. The number of hydrogen-bond acceptors (Lipinski definition) is 3. The van der Waals surface area contributed by atoms with Gasteiger partial charge < -0.3 is 9.73 Å². The number of hydrogen-bond donors (Lipinski definition) is 1. The van der Waals surface area contributed by atoms with Gasteiger partial charge in [0.25, 0.3) is 0 Å². The van der Waals surface area contributed by atoms with E-state index in [1.807, 2.05) is 68.4 Å².